The lowest BCUT2D eigenvalue weighted by Gasteiger charge is -2.07. The second kappa shape index (κ2) is 7.32. The minimum Gasteiger partial charge on any atom is -0.497 e. The zero-order valence-electron chi connectivity index (χ0n) is 13.4. The molecule has 0 aliphatic rings. The van der Waals surface area contributed by atoms with E-state index < -0.39 is 0 Å². The Balaban J connectivity index is 1.59. The fraction of sp³-hybridized carbons (Fsp3) is 0.111. The summed E-state index contributed by atoms with van der Waals surface area (Å²) in [6.45, 7) is 0.508. The van der Waals surface area contributed by atoms with Crippen LogP contribution in [-0.2, 0) is 6.54 Å². The molecule has 0 bridgehead atoms. The van der Waals surface area contributed by atoms with Gasteiger partial charge in [0.05, 0.1) is 19.3 Å². The molecule has 3 rings (SSSR count). The number of aromatic nitrogens is 2. The Morgan fingerprint density at radius 3 is 2.54 bits per heavy atom. The SMILES string of the molecule is COc1ccc(NC(N)=NCc2ccc(-n3cccn3)cc2)cc1. The van der Waals surface area contributed by atoms with E-state index in [9.17, 15) is 0 Å². The Morgan fingerprint density at radius 2 is 1.92 bits per heavy atom. The van der Waals surface area contributed by atoms with Crippen LogP contribution in [0.15, 0.2) is 72.0 Å². The summed E-state index contributed by atoms with van der Waals surface area (Å²) in [5, 5.41) is 7.26. The van der Waals surface area contributed by atoms with Gasteiger partial charge in [0.25, 0.3) is 0 Å². The molecule has 0 unspecified atom stereocenters. The van der Waals surface area contributed by atoms with Gasteiger partial charge in [-0.2, -0.15) is 5.10 Å². The van der Waals surface area contributed by atoms with Gasteiger partial charge in [-0.3, -0.25) is 0 Å². The van der Waals surface area contributed by atoms with Crippen LogP contribution < -0.4 is 15.8 Å². The van der Waals surface area contributed by atoms with Crippen molar-refractivity contribution < 1.29 is 4.74 Å². The first-order valence-electron chi connectivity index (χ1n) is 7.54. The molecule has 0 spiro atoms. The van der Waals surface area contributed by atoms with Gasteiger partial charge >= 0.3 is 0 Å². The second-order valence-corrected chi connectivity index (χ2v) is 5.17. The van der Waals surface area contributed by atoms with E-state index in [1.807, 2.05) is 65.5 Å². The summed E-state index contributed by atoms with van der Waals surface area (Å²) >= 11 is 0. The maximum Gasteiger partial charge on any atom is 0.193 e. The number of nitrogens with one attached hydrogen (secondary N) is 1. The molecular formula is C18H19N5O. The first kappa shape index (κ1) is 15.6. The van der Waals surface area contributed by atoms with Crippen LogP contribution in [0.25, 0.3) is 5.69 Å². The Kier molecular flexibility index (Phi) is 4.76. The van der Waals surface area contributed by atoms with Gasteiger partial charge in [-0.25, -0.2) is 9.67 Å². The predicted octanol–water partition coefficient (Wildman–Crippen LogP) is 2.81. The number of hydrogen-bond acceptors (Lipinski definition) is 3. The number of benzene rings is 2. The van der Waals surface area contributed by atoms with Gasteiger partial charge in [0.1, 0.15) is 5.75 Å². The number of guanidine groups is 1. The summed E-state index contributed by atoms with van der Waals surface area (Å²) < 4.78 is 6.93. The highest BCUT2D eigenvalue weighted by Crippen LogP contribution is 2.15. The molecule has 24 heavy (non-hydrogen) atoms. The number of anilines is 1. The molecule has 6 nitrogen and oxygen atoms in total. The molecule has 1 aromatic heterocycles. The number of rotatable bonds is 5. The summed E-state index contributed by atoms with van der Waals surface area (Å²) in [7, 11) is 1.63. The second-order valence-electron chi connectivity index (χ2n) is 5.17. The zero-order chi connectivity index (χ0) is 16.8. The van der Waals surface area contributed by atoms with Gasteiger partial charge < -0.3 is 15.8 Å². The van der Waals surface area contributed by atoms with E-state index in [4.69, 9.17) is 10.5 Å². The summed E-state index contributed by atoms with van der Waals surface area (Å²) in [5.41, 5.74) is 8.88. The monoisotopic (exact) mass is 321 g/mol. The molecule has 0 saturated carbocycles. The van der Waals surface area contributed by atoms with Crippen LogP contribution in [0.3, 0.4) is 0 Å². The van der Waals surface area contributed by atoms with Crippen LogP contribution in [0.5, 0.6) is 5.75 Å². The van der Waals surface area contributed by atoms with E-state index in [-0.39, 0.29) is 0 Å². The molecule has 0 aliphatic heterocycles. The average molecular weight is 321 g/mol. The smallest absolute Gasteiger partial charge is 0.193 e. The maximum atomic E-state index is 5.92. The van der Waals surface area contributed by atoms with Gasteiger partial charge in [-0.05, 0) is 48.0 Å². The molecule has 2 aromatic carbocycles. The molecule has 0 saturated heterocycles. The van der Waals surface area contributed by atoms with Crippen LogP contribution in [0.1, 0.15) is 5.56 Å². The Morgan fingerprint density at radius 1 is 1.17 bits per heavy atom. The molecule has 6 heteroatoms. The van der Waals surface area contributed by atoms with E-state index in [2.05, 4.69) is 15.4 Å². The van der Waals surface area contributed by atoms with Crippen molar-refractivity contribution in [3.63, 3.8) is 0 Å². The number of nitrogens with two attached hydrogens (primary N) is 1. The Hall–Kier alpha value is -3.28. The van der Waals surface area contributed by atoms with Crippen molar-refractivity contribution in [2.24, 2.45) is 10.7 Å². The minimum atomic E-state index is 0.372. The van der Waals surface area contributed by atoms with Crippen molar-refractivity contribution >= 4 is 11.6 Å². The van der Waals surface area contributed by atoms with Crippen LogP contribution in [0.4, 0.5) is 5.69 Å². The first-order valence-corrected chi connectivity index (χ1v) is 7.54. The molecule has 0 fully saturated rings. The van der Waals surface area contributed by atoms with Crippen molar-refractivity contribution in [1.29, 1.82) is 0 Å². The van der Waals surface area contributed by atoms with Gasteiger partial charge in [-0.15, -0.1) is 0 Å². The lowest BCUT2D eigenvalue weighted by molar-refractivity contribution is 0.415. The van der Waals surface area contributed by atoms with Gasteiger partial charge in [-0.1, -0.05) is 12.1 Å². The molecule has 0 radical (unpaired) electrons. The molecule has 0 atom stereocenters. The Labute approximate surface area is 140 Å². The summed E-state index contributed by atoms with van der Waals surface area (Å²) in [6, 6.07) is 17.4. The minimum absolute atomic E-state index is 0.372. The zero-order valence-corrected chi connectivity index (χ0v) is 13.4. The number of ether oxygens (including phenoxy) is 1. The number of aliphatic imine (C=N–C) groups is 1. The third kappa shape index (κ3) is 3.92. The van der Waals surface area contributed by atoms with Crippen LogP contribution in [0.2, 0.25) is 0 Å². The fourth-order valence-electron chi connectivity index (χ4n) is 2.21. The Bertz CT molecular complexity index is 792. The highest BCUT2D eigenvalue weighted by Gasteiger charge is 1.99. The lowest BCUT2D eigenvalue weighted by Crippen LogP contribution is -2.22. The normalized spacial score (nSPS) is 11.3. The molecule has 122 valence electrons. The van der Waals surface area contributed by atoms with Crippen molar-refractivity contribution in [2.75, 3.05) is 12.4 Å². The van der Waals surface area contributed by atoms with E-state index in [1.165, 1.54) is 0 Å². The largest absolute Gasteiger partial charge is 0.497 e. The fourth-order valence-corrected chi connectivity index (χ4v) is 2.21. The highest BCUT2D eigenvalue weighted by molar-refractivity contribution is 5.92. The third-order valence-corrected chi connectivity index (χ3v) is 3.50. The summed E-state index contributed by atoms with van der Waals surface area (Å²) in [4.78, 5) is 4.35. The van der Waals surface area contributed by atoms with Gasteiger partial charge in [0.2, 0.25) is 0 Å². The van der Waals surface area contributed by atoms with Crippen LogP contribution in [-0.4, -0.2) is 22.8 Å². The number of nitrogens with zero attached hydrogens (tertiary/aromatic N) is 3. The van der Waals surface area contributed by atoms with E-state index >= 15 is 0 Å². The topological polar surface area (TPSA) is 77.5 Å². The lowest BCUT2D eigenvalue weighted by atomic mass is 10.2. The summed E-state index contributed by atoms with van der Waals surface area (Å²) in [6.07, 6.45) is 3.66. The van der Waals surface area contributed by atoms with E-state index in [0.717, 1.165) is 22.7 Å². The third-order valence-electron chi connectivity index (χ3n) is 3.50. The maximum absolute atomic E-state index is 5.92. The molecule has 3 N–H and O–H groups in total. The van der Waals surface area contributed by atoms with Crippen molar-refractivity contribution in [3.05, 3.63) is 72.6 Å². The average Bonchev–Trinajstić information content (AvgIpc) is 3.16. The number of hydrogen-bond donors (Lipinski definition) is 2. The standard InChI is InChI=1S/C18H19N5O/c1-24-17-9-5-15(6-10-17)22-18(19)20-13-14-3-7-16(8-4-14)23-12-2-11-21-23/h2-12H,13H2,1H3,(H3,19,20,22). The van der Waals surface area contributed by atoms with Crippen molar-refractivity contribution in [2.45, 2.75) is 6.54 Å². The van der Waals surface area contributed by atoms with E-state index in [0.29, 0.717) is 12.5 Å². The number of methoxy groups -OCH3 is 1. The quantitative estimate of drug-likeness (QED) is 0.559. The van der Waals surface area contributed by atoms with Crippen molar-refractivity contribution in [3.8, 4) is 11.4 Å². The molecule has 0 aliphatic carbocycles. The predicted molar refractivity (Wildman–Crippen MR) is 95.5 cm³/mol. The van der Waals surface area contributed by atoms with Gasteiger partial charge in [0.15, 0.2) is 5.96 Å². The van der Waals surface area contributed by atoms with Crippen LogP contribution >= 0.6 is 0 Å². The molecule has 0 amide bonds. The molecular weight excluding hydrogens is 302 g/mol. The molecule has 3 aromatic rings. The summed E-state index contributed by atoms with van der Waals surface area (Å²) in [5.74, 6) is 1.17. The highest BCUT2D eigenvalue weighted by atomic mass is 16.5. The molecule has 1 heterocycles. The first-order chi connectivity index (χ1) is 11.7. The van der Waals surface area contributed by atoms with E-state index in [1.54, 1.807) is 13.3 Å². The van der Waals surface area contributed by atoms with Crippen LogP contribution in [0, 0.1) is 0 Å². The van der Waals surface area contributed by atoms with Gasteiger partial charge in [0, 0.05) is 18.1 Å². The van der Waals surface area contributed by atoms with Crippen molar-refractivity contribution in [1.82, 2.24) is 9.78 Å².